The van der Waals surface area contributed by atoms with Crippen LogP contribution in [0.2, 0.25) is 0 Å². The molecule has 3 rings (SSSR count). The highest BCUT2D eigenvalue weighted by molar-refractivity contribution is 5.79. The number of anilines is 1. The standard InChI is InChI=1S/C16H22N2O2/c1-20-9-8-18(13-6-7-13)16(19)10-12-11-17-15-5-3-2-4-14(12)15/h2-5,12-13,17H,6-11H2,1H3. The van der Waals surface area contributed by atoms with E-state index in [1.165, 1.54) is 11.3 Å². The predicted molar refractivity (Wildman–Crippen MR) is 78.9 cm³/mol. The van der Waals surface area contributed by atoms with Gasteiger partial charge in [-0.25, -0.2) is 0 Å². The number of benzene rings is 1. The third kappa shape index (κ3) is 2.80. The molecule has 0 aromatic heterocycles. The van der Waals surface area contributed by atoms with Crippen molar-refractivity contribution in [3.8, 4) is 0 Å². The molecule has 0 bridgehead atoms. The minimum absolute atomic E-state index is 0.271. The van der Waals surface area contributed by atoms with E-state index < -0.39 is 0 Å². The number of nitrogens with one attached hydrogen (secondary N) is 1. The van der Waals surface area contributed by atoms with Crippen LogP contribution in [-0.2, 0) is 9.53 Å². The molecule has 4 nitrogen and oxygen atoms in total. The van der Waals surface area contributed by atoms with E-state index in [2.05, 4.69) is 17.4 Å². The van der Waals surface area contributed by atoms with Crippen LogP contribution in [0, 0.1) is 0 Å². The van der Waals surface area contributed by atoms with Crippen LogP contribution < -0.4 is 5.32 Å². The van der Waals surface area contributed by atoms with Crippen molar-refractivity contribution < 1.29 is 9.53 Å². The zero-order valence-electron chi connectivity index (χ0n) is 12.0. The van der Waals surface area contributed by atoms with E-state index in [9.17, 15) is 4.79 Å². The molecule has 1 aromatic carbocycles. The summed E-state index contributed by atoms with van der Waals surface area (Å²) in [7, 11) is 1.69. The van der Waals surface area contributed by atoms with E-state index in [1.807, 2.05) is 17.0 Å². The maximum Gasteiger partial charge on any atom is 0.223 e. The molecule has 0 saturated heterocycles. The van der Waals surface area contributed by atoms with Gasteiger partial charge in [-0.1, -0.05) is 18.2 Å². The van der Waals surface area contributed by atoms with Gasteiger partial charge in [-0.2, -0.15) is 0 Å². The molecule has 20 heavy (non-hydrogen) atoms. The first kappa shape index (κ1) is 13.4. The molecular formula is C16H22N2O2. The molecule has 0 spiro atoms. The van der Waals surface area contributed by atoms with Gasteiger partial charge >= 0.3 is 0 Å². The van der Waals surface area contributed by atoms with Gasteiger partial charge in [0.15, 0.2) is 0 Å². The van der Waals surface area contributed by atoms with Gasteiger partial charge in [0.05, 0.1) is 6.61 Å². The molecule has 0 radical (unpaired) electrons. The van der Waals surface area contributed by atoms with Crippen LogP contribution >= 0.6 is 0 Å². The molecule has 4 heteroatoms. The summed E-state index contributed by atoms with van der Waals surface area (Å²) in [6, 6.07) is 8.76. The Morgan fingerprint density at radius 2 is 2.20 bits per heavy atom. The summed E-state index contributed by atoms with van der Waals surface area (Å²) in [5, 5.41) is 3.39. The van der Waals surface area contributed by atoms with Crippen molar-refractivity contribution >= 4 is 11.6 Å². The molecule has 1 N–H and O–H groups in total. The average molecular weight is 274 g/mol. The lowest BCUT2D eigenvalue weighted by atomic mass is 9.97. The predicted octanol–water partition coefficient (Wildman–Crippen LogP) is 2.22. The molecule has 1 heterocycles. The van der Waals surface area contributed by atoms with Gasteiger partial charge in [-0.05, 0) is 24.5 Å². The Kier molecular flexibility index (Phi) is 3.92. The summed E-state index contributed by atoms with van der Waals surface area (Å²) < 4.78 is 5.12. The van der Waals surface area contributed by atoms with Crippen molar-refractivity contribution in [3.63, 3.8) is 0 Å². The number of methoxy groups -OCH3 is 1. The number of hydrogen-bond acceptors (Lipinski definition) is 3. The molecule has 1 unspecified atom stereocenters. The van der Waals surface area contributed by atoms with Crippen LogP contribution in [0.5, 0.6) is 0 Å². The first-order valence-corrected chi connectivity index (χ1v) is 7.41. The van der Waals surface area contributed by atoms with E-state index in [0.29, 0.717) is 25.0 Å². The molecule has 1 aliphatic heterocycles. The van der Waals surface area contributed by atoms with Crippen molar-refractivity contribution in [2.45, 2.75) is 31.2 Å². The third-order valence-electron chi connectivity index (χ3n) is 4.20. The van der Waals surface area contributed by atoms with E-state index in [4.69, 9.17) is 4.74 Å². The Hall–Kier alpha value is -1.55. The van der Waals surface area contributed by atoms with Gasteiger partial charge in [0.25, 0.3) is 0 Å². The van der Waals surface area contributed by atoms with Crippen LogP contribution in [0.1, 0.15) is 30.7 Å². The number of para-hydroxylation sites is 1. The number of fused-ring (bicyclic) bond motifs is 1. The van der Waals surface area contributed by atoms with Crippen molar-refractivity contribution in [2.75, 3.05) is 32.1 Å². The smallest absolute Gasteiger partial charge is 0.223 e. The summed E-state index contributed by atoms with van der Waals surface area (Å²) in [6.07, 6.45) is 2.90. The fraction of sp³-hybridized carbons (Fsp3) is 0.562. The normalized spacial score (nSPS) is 20.4. The summed E-state index contributed by atoms with van der Waals surface area (Å²) in [5.41, 5.74) is 2.46. The van der Waals surface area contributed by atoms with Gasteiger partial charge < -0.3 is 15.0 Å². The maximum absolute atomic E-state index is 12.5. The van der Waals surface area contributed by atoms with Crippen molar-refractivity contribution in [1.29, 1.82) is 0 Å². The lowest BCUT2D eigenvalue weighted by Gasteiger charge is -2.23. The maximum atomic E-state index is 12.5. The Morgan fingerprint density at radius 1 is 1.40 bits per heavy atom. The Morgan fingerprint density at radius 3 is 2.95 bits per heavy atom. The molecule has 2 aliphatic rings. The lowest BCUT2D eigenvalue weighted by molar-refractivity contribution is -0.132. The Labute approximate surface area is 120 Å². The van der Waals surface area contributed by atoms with Crippen molar-refractivity contribution in [2.24, 2.45) is 0 Å². The number of nitrogens with zero attached hydrogens (tertiary/aromatic N) is 1. The largest absolute Gasteiger partial charge is 0.384 e. The Bertz CT molecular complexity index is 485. The summed E-state index contributed by atoms with van der Waals surface area (Å²) >= 11 is 0. The van der Waals surface area contributed by atoms with Gasteiger partial charge in [-0.3, -0.25) is 4.79 Å². The van der Waals surface area contributed by atoms with Crippen molar-refractivity contribution in [1.82, 2.24) is 4.90 Å². The zero-order valence-corrected chi connectivity index (χ0v) is 12.0. The number of carbonyl (C=O) groups excluding carboxylic acids is 1. The fourth-order valence-corrected chi connectivity index (χ4v) is 2.95. The number of rotatable bonds is 6. The average Bonchev–Trinajstić information content (AvgIpc) is 3.22. The second-order valence-corrected chi connectivity index (χ2v) is 5.68. The molecule has 1 aliphatic carbocycles. The second-order valence-electron chi connectivity index (χ2n) is 5.68. The summed E-state index contributed by atoms with van der Waals surface area (Å²) in [5.74, 6) is 0.579. The lowest BCUT2D eigenvalue weighted by Crippen LogP contribution is -2.36. The molecule has 1 fully saturated rings. The van der Waals surface area contributed by atoms with Crippen LogP contribution in [0.25, 0.3) is 0 Å². The van der Waals surface area contributed by atoms with Gasteiger partial charge in [0, 0.05) is 44.3 Å². The third-order valence-corrected chi connectivity index (χ3v) is 4.20. The summed E-state index contributed by atoms with van der Waals surface area (Å²) in [6.45, 7) is 2.22. The minimum Gasteiger partial charge on any atom is -0.384 e. The molecule has 1 aromatic rings. The quantitative estimate of drug-likeness (QED) is 0.865. The fourth-order valence-electron chi connectivity index (χ4n) is 2.95. The molecular weight excluding hydrogens is 252 g/mol. The van der Waals surface area contributed by atoms with Gasteiger partial charge in [0.1, 0.15) is 0 Å². The Balaban J connectivity index is 1.63. The van der Waals surface area contributed by atoms with Crippen LogP contribution in [0.3, 0.4) is 0 Å². The topological polar surface area (TPSA) is 41.6 Å². The van der Waals surface area contributed by atoms with E-state index >= 15 is 0 Å². The number of carbonyl (C=O) groups is 1. The van der Waals surface area contributed by atoms with Crippen LogP contribution in [0.4, 0.5) is 5.69 Å². The van der Waals surface area contributed by atoms with Crippen LogP contribution in [-0.4, -0.2) is 43.7 Å². The second kappa shape index (κ2) is 5.83. The van der Waals surface area contributed by atoms with Gasteiger partial charge in [0.2, 0.25) is 5.91 Å². The highest BCUT2D eigenvalue weighted by Crippen LogP contribution is 2.35. The van der Waals surface area contributed by atoms with Gasteiger partial charge in [-0.15, -0.1) is 0 Å². The number of amides is 1. The number of hydrogen-bond donors (Lipinski definition) is 1. The zero-order chi connectivity index (χ0) is 13.9. The van der Waals surface area contributed by atoms with E-state index in [-0.39, 0.29) is 5.91 Å². The molecule has 1 saturated carbocycles. The van der Waals surface area contributed by atoms with Crippen molar-refractivity contribution in [3.05, 3.63) is 29.8 Å². The van der Waals surface area contributed by atoms with E-state index in [0.717, 1.165) is 25.9 Å². The molecule has 1 atom stereocenters. The first-order chi connectivity index (χ1) is 9.79. The molecule has 1 amide bonds. The SMILES string of the molecule is COCCN(C(=O)CC1CNc2ccccc21)C1CC1. The highest BCUT2D eigenvalue weighted by Gasteiger charge is 2.34. The molecule has 108 valence electrons. The summed E-state index contributed by atoms with van der Waals surface area (Å²) in [4.78, 5) is 14.6. The number of ether oxygens (including phenoxy) is 1. The highest BCUT2D eigenvalue weighted by atomic mass is 16.5. The minimum atomic E-state index is 0.271. The monoisotopic (exact) mass is 274 g/mol. The van der Waals surface area contributed by atoms with E-state index in [1.54, 1.807) is 7.11 Å². The first-order valence-electron chi connectivity index (χ1n) is 7.41. The van der Waals surface area contributed by atoms with Crippen LogP contribution in [0.15, 0.2) is 24.3 Å².